The van der Waals surface area contributed by atoms with E-state index in [0.717, 1.165) is 0 Å². The van der Waals surface area contributed by atoms with Gasteiger partial charge in [0.25, 0.3) is 0 Å². The summed E-state index contributed by atoms with van der Waals surface area (Å²) in [4.78, 5) is 24.3. The zero-order chi connectivity index (χ0) is 19.9. The predicted molar refractivity (Wildman–Crippen MR) is 99.9 cm³/mol. The number of allylic oxidation sites excluding steroid dienone is 1. The molecule has 1 aromatic carbocycles. The Labute approximate surface area is 164 Å². The first-order valence-corrected chi connectivity index (χ1v) is 9.69. The second kappa shape index (κ2) is 9.59. The van der Waals surface area contributed by atoms with Crippen LogP contribution in [-0.2, 0) is 23.8 Å². The number of fused-ring (bicyclic) bond motifs is 1. The Bertz CT molecular complexity index is 727. The number of esters is 1. The number of Topliss-reactive ketones (excluding diaryl/α,β-unsaturated/α-hetero) is 1. The Morgan fingerprint density at radius 3 is 2.68 bits per heavy atom. The molecule has 0 amide bonds. The maximum absolute atomic E-state index is 12.9. The number of hydrogen-bond acceptors (Lipinski definition) is 7. The van der Waals surface area contributed by atoms with Crippen molar-refractivity contribution >= 4 is 11.8 Å². The summed E-state index contributed by atoms with van der Waals surface area (Å²) in [6.07, 6.45) is 2.81. The smallest absolute Gasteiger partial charge is 0.332 e. The molecule has 7 nitrogen and oxygen atoms in total. The first kappa shape index (κ1) is 20.2. The standard InChI is InChI=1S/C21H26O7/c1-3-24-16-7-5-6-8-17(16)28-19-12-27-18-11-14(9-10-15(18)21(19)23)26-13-20(22)25-4-2/h5-8,12,14-15,18H,3-4,9-11,13H2,1-2H3. The van der Waals surface area contributed by atoms with Crippen LogP contribution in [0, 0.1) is 5.92 Å². The van der Waals surface area contributed by atoms with Crippen LogP contribution in [0.15, 0.2) is 36.3 Å². The number of carbonyl (C=O) groups is 2. The highest BCUT2D eigenvalue weighted by molar-refractivity contribution is 5.96. The van der Waals surface area contributed by atoms with Gasteiger partial charge in [0.05, 0.1) is 25.2 Å². The van der Waals surface area contributed by atoms with Crippen molar-refractivity contribution < 1.29 is 33.3 Å². The van der Waals surface area contributed by atoms with Crippen LogP contribution >= 0.6 is 0 Å². The molecule has 0 radical (unpaired) electrons. The number of para-hydroxylation sites is 2. The van der Waals surface area contributed by atoms with Crippen LogP contribution in [0.2, 0.25) is 0 Å². The van der Waals surface area contributed by atoms with E-state index in [-0.39, 0.29) is 42.2 Å². The van der Waals surface area contributed by atoms with Gasteiger partial charge in [0.1, 0.15) is 19.0 Å². The molecule has 7 heteroatoms. The Kier molecular flexibility index (Phi) is 6.92. The molecule has 0 N–H and O–H groups in total. The van der Waals surface area contributed by atoms with E-state index in [2.05, 4.69) is 0 Å². The van der Waals surface area contributed by atoms with Crippen molar-refractivity contribution in [1.29, 1.82) is 0 Å². The van der Waals surface area contributed by atoms with E-state index in [9.17, 15) is 9.59 Å². The molecule has 0 aromatic heterocycles. The molecule has 3 rings (SSSR count). The van der Waals surface area contributed by atoms with Gasteiger partial charge < -0.3 is 23.7 Å². The highest BCUT2D eigenvalue weighted by Gasteiger charge is 2.41. The molecule has 28 heavy (non-hydrogen) atoms. The van der Waals surface area contributed by atoms with Crippen molar-refractivity contribution in [3.8, 4) is 11.5 Å². The van der Waals surface area contributed by atoms with Crippen LogP contribution in [0.4, 0.5) is 0 Å². The van der Waals surface area contributed by atoms with Crippen molar-refractivity contribution in [3.05, 3.63) is 36.3 Å². The summed E-state index contributed by atoms with van der Waals surface area (Å²) >= 11 is 0. The first-order chi connectivity index (χ1) is 13.6. The van der Waals surface area contributed by atoms with Crippen LogP contribution < -0.4 is 9.47 Å². The lowest BCUT2D eigenvalue weighted by Gasteiger charge is -2.37. The van der Waals surface area contributed by atoms with E-state index in [1.807, 2.05) is 19.1 Å². The zero-order valence-electron chi connectivity index (χ0n) is 16.2. The molecule has 0 spiro atoms. The Balaban J connectivity index is 1.60. The molecule has 152 valence electrons. The minimum Gasteiger partial charge on any atom is -0.493 e. The van der Waals surface area contributed by atoms with Crippen LogP contribution in [0.25, 0.3) is 0 Å². The monoisotopic (exact) mass is 390 g/mol. The quantitative estimate of drug-likeness (QED) is 0.631. The largest absolute Gasteiger partial charge is 0.493 e. The number of ketones is 1. The summed E-state index contributed by atoms with van der Waals surface area (Å²) in [5.74, 6) is 0.510. The summed E-state index contributed by atoms with van der Waals surface area (Å²) in [5, 5.41) is 0. The Hall–Kier alpha value is -2.54. The molecular formula is C21H26O7. The van der Waals surface area contributed by atoms with E-state index in [1.54, 1.807) is 19.1 Å². The Morgan fingerprint density at radius 1 is 1.14 bits per heavy atom. The fraction of sp³-hybridized carbons (Fsp3) is 0.524. The Morgan fingerprint density at radius 2 is 1.93 bits per heavy atom. The molecule has 1 aromatic rings. The van der Waals surface area contributed by atoms with Gasteiger partial charge in [0.2, 0.25) is 11.5 Å². The van der Waals surface area contributed by atoms with Crippen molar-refractivity contribution in [2.24, 2.45) is 5.92 Å². The normalized spacial score (nSPS) is 23.9. The molecule has 1 aliphatic carbocycles. The van der Waals surface area contributed by atoms with Gasteiger partial charge in [0, 0.05) is 6.42 Å². The van der Waals surface area contributed by atoms with Crippen LogP contribution in [0.3, 0.4) is 0 Å². The fourth-order valence-electron chi connectivity index (χ4n) is 3.47. The molecule has 1 heterocycles. The minimum absolute atomic E-state index is 0.0774. The first-order valence-electron chi connectivity index (χ1n) is 9.69. The van der Waals surface area contributed by atoms with E-state index in [0.29, 0.717) is 44.0 Å². The third-order valence-corrected chi connectivity index (χ3v) is 4.78. The summed E-state index contributed by atoms with van der Waals surface area (Å²) < 4.78 is 27.6. The van der Waals surface area contributed by atoms with Crippen LogP contribution in [0.5, 0.6) is 11.5 Å². The molecule has 3 unspecified atom stereocenters. The number of benzene rings is 1. The van der Waals surface area contributed by atoms with Crippen molar-refractivity contribution in [3.63, 3.8) is 0 Å². The van der Waals surface area contributed by atoms with Crippen molar-refractivity contribution in [2.75, 3.05) is 19.8 Å². The minimum atomic E-state index is -0.381. The molecule has 1 saturated carbocycles. The third-order valence-electron chi connectivity index (χ3n) is 4.78. The molecule has 0 bridgehead atoms. The lowest BCUT2D eigenvalue weighted by atomic mass is 9.80. The number of ether oxygens (including phenoxy) is 5. The summed E-state index contributed by atoms with van der Waals surface area (Å²) in [7, 11) is 0. The lowest BCUT2D eigenvalue weighted by Crippen LogP contribution is -2.42. The molecule has 2 aliphatic rings. The van der Waals surface area contributed by atoms with Gasteiger partial charge in [-0.3, -0.25) is 4.79 Å². The van der Waals surface area contributed by atoms with E-state index in [1.165, 1.54) is 6.26 Å². The van der Waals surface area contributed by atoms with Gasteiger partial charge >= 0.3 is 5.97 Å². The summed E-state index contributed by atoms with van der Waals surface area (Å²) in [6.45, 7) is 4.39. The highest BCUT2D eigenvalue weighted by Crippen LogP contribution is 2.36. The maximum Gasteiger partial charge on any atom is 0.332 e. The fourth-order valence-corrected chi connectivity index (χ4v) is 3.47. The predicted octanol–water partition coefficient (Wildman–Crippen LogP) is 3.02. The summed E-state index contributed by atoms with van der Waals surface area (Å²) in [5.41, 5.74) is 0. The van der Waals surface area contributed by atoms with Gasteiger partial charge in [-0.05, 0) is 38.8 Å². The number of rotatable bonds is 8. The van der Waals surface area contributed by atoms with E-state index >= 15 is 0 Å². The highest BCUT2D eigenvalue weighted by atomic mass is 16.6. The van der Waals surface area contributed by atoms with Gasteiger partial charge in [-0.2, -0.15) is 0 Å². The molecule has 1 fully saturated rings. The molecule has 3 atom stereocenters. The lowest BCUT2D eigenvalue weighted by molar-refractivity contribution is -0.154. The zero-order valence-corrected chi connectivity index (χ0v) is 16.2. The maximum atomic E-state index is 12.9. The molecule has 1 aliphatic heterocycles. The van der Waals surface area contributed by atoms with E-state index < -0.39 is 0 Å². The third kappa shape index (κ3) is 4.84. The second-order valence-electron chi connectivity index (χ2n) is 6.66. The molecule has 0 saturated heterocycles. The van der Waals surface area contributed by atoms with Crippen LogP contribution in [0.1, 0.15) is 33.1 Å². The topological polar surface area (TPSA) is 80.3 Å². The van der Waals surface area contributed by atoms with Crippen LogP contribution in [-0.4, -0.2) is 43.8 Å². The summed E-state index contributed by atoms with van der Waals surface area (Å²) in [6, 6.07) is 7.22. The average Bonchev–Trinajstić information content (AvgIpc) is 2.70. The number of carbonyl (C=O) groups excluding carboxylic acids is 2. The number of hydrogen-bond donors (Lipinski definition) is 0. The van der Waals surface area contributed by atoms with Gasteiger partial charge in [0.15, 0.2) is 11.5 Å². The van der Waals surface area contributed by atoms with Gasteiger partial charge in [-0.1, -0.05) is 12.1 Å². The van der Waals surface area contributed by atoms with Gasteiger partial charge in [-0.25, -0.2) is 4.79 Å². The van der Waals surface area contributed by atoms with Gasteiger partial charge in [-0.15, -0.1) is 0 Å². The van der Waals surface area contributed by atoms with Crippen molar-refractivity contribution in [2.45, 2.75) is 45.3 Å². The second-order valence-corrected chi connectivity index (χ2v) is 6.66. The molecular weight excluding hydrogens is 364 g/mol. The van der Waals surface area contributed by atoms with Crippen molar-refractivity contribution in [1.82, 2.24) is 0 Å². The van der Waals surface area contributed by atoms with E-state index in [4.69, 9.17) is 23.7 Å². The SMILES string of the molecule is CCOC(=O)COC1CCC2C(=O)C(Oc3ccccc3OCC)=COC2C1. The average molecular weight is 390 g/mol.